The number of Topliss-reactive ketones (excluding diaryl/α,β-unsaturated/α-hetero) is 1. The highest BCUT2D eigenvalue weighted by Gasteiger charge is 2.39. The van der Waals surface area contributed by atoms with Gasteiger partial charge in [0.15, 0.2) is 0 Å². The van der Waals surface area contributed by atoms with Gasteiger partial charge in [-0.2, -0.15) is 0 Å². The molecule has 1 nitrogen and oxygen atoms in total. The Bertz CT molecular complexity index is 327. The second kappa shape index (κ2) is 3.26. The number of carbonyl (C=O) groups excluding carboxylic acids is 1. The first-order chi connectivity index (χ1) is 6.22. The normalized spacial score (nSPS) is 27.4. The number of aryl methyl sites for hydroxylation is 1. The summed E-state index contributed by atoms with van der Waals surface area (Å²) in [7, 11) is 0. The molecule has 1 aliphatic carbocycles. The Morgan fingerprint density at radius 1 is 1.62 bits per heavy atom. The van der Waals surface area contributed by atoms with Crippen LogP contribution >= 0.6 is 11.3 Å². The highest BCUT2D eigenvalue weighted by Crippen LogP contribution is 2.42. The van der Waals surface area contributed by atoms with Crippen molar-refractivity contribution in [2.75, 3.05) is 0 Å². The molecule has 0 aromatic carbocycles. The van der Waals surface area contributed by atoms with Gasteiger partial charge in [0, 0.05) is 23.1 Å². The fourth-order valence-corrected chi connectivity index (χ4v) is 2.86. The number of hydrogen-bond donors (Lipinski definition) is 0. The monoisotopic (exact) mass is 194 g/mol. The molecule has 2 rings (SSSR count). The first kappa shape index (κ1) is 8.95. The molecular weight excluding hydrogens is 180 g/mol. The molecular formula is C11H14OS. The molecule has 13 heavy (non-hydrogen) atoms. The highest BCUT2D eigenvalue weighted by molar-refractivity contribution is 7.10. The average Bonchev–Trinajstić information content (AvgIpc) is 2.48. The molecule has 1 heterocycles. The topological polar surface area (TPSA) is 17.1 Å². The van der Waals surface area contributed by atoms with Crippen molar-refractivity contribution in [1.82, 2.24) is 0 Å². The minimum absolute atomic E-state index is 0.314. The van der Waals surface area contributed by atoms with Gasteiger partial charge in [0.05, 0.1) is 0 Å². The van der Waals surface area contributed by atoms with Crippen LogP contribution < -0.4 is 0 Å². The maximum Gasteiger partial charge on any atom is 0.137 e. The second-order valence-corrected chi connectivity index (χ2v) is 4.90. The zero-order valence-electron chi connectivity index (χ0n) is 8.04. The van der Waals surface area contributed by atoms with Crippen LogP contribution in [0.3, 0.4) is 0 Å². The molecule has 1 aliphatic rings. The largest absolute Gasteiger partial charge is 0.299 e. The number of carbonyl (C=O) groups is 1. The standard InChI is InChI=1S/C11H14OS/c1-3-9-10(5-11(9)12)8-4-7(2)13-6-8/h4,6,9-10H,3,5H2,1-2H3. The quantitative estimate of drug-likeness (QED) is 0.707. The van der Waals surface area contributed by atoms with Crippen LogP contribution in [-0.2, 0) is 4.79 Å². The summed E-state index contributed by atoms with van der Waals surface area (Å²) in [6.45, 7) is 4.23. The molecule has 0 spiro atoms. The Kier molecular flexibility index (Phi) is 2.24. The van der Waals surface area contributed by atoms with Crippen LogP contribution in [0.1, 0.15) is 36.1 Å². The van der Waals surface area contributed by atoms with Gasteiger partial charge in [-0.1, -0.05) is 6.92 Å². The smallest absolute Gasteiger partial charge is 0.137 e. The molecule has 1 saturated carbocycles. The predicted molar refractivity (Wildman–Crippen MR) is 55.2 cm³/mol. The number of rotatable bonds is 2. The predicted octanol–water partition coefficient (Wildman–Crippen LogP) is 3.14. The Morgan fingerprint density at radius 2 is 2.38 bits per heavy atom. The summed E-state index contributed by atoms with van der Waals surface area (Å²) in [4.78, 5) is 12.6. The van der Waals surface area contributed by atoms with Crippen molar-refractivity contribution in [3.63, 3.8) is 0 Å². The van der Waals surface area contributed by atoms with E-state index in [9.17, 15) is 4.79 Å². The summed E-state index contributed by atoms with van der Waals surface area (Å²) in [5.41, 5.74) is 1.38. The van der Waals surface area contributed by atoms with Crippen LogP contribution in [0.4, 0.5) is 0 Å². The molecule has 2 atom stereocenters. The zero-order chi connectivity index (χ0) is 9.42. The van der Waals surface area contributed by atoms with E-state index >= 15 is 0 Å². The van der Waals surface area contributed by atoms with E-state index < -0.39 is 0 Å². The Labute approximate surface area is 82.8 Å². The summed E-state index contributed by atoms with van der Waals surface area (Å²) in [5.74, 6) is 1.30. The lowest BCUT2D eigenvalue weighted by Gasteiger charge is -2.33. The molecule has 70 valence electrons. The molecule has 0 amide bonds. The molecule has 0 bridgehead atoms. The fraction of sp³-hybridized carbons (Fsp3) is 0.545. The Hall–Kier alpha value is -0.630. The van der Waals surface area contributed by atoms with Crippen LogP contribution in [0.15, 0.2) is 11.4 Å². The molecule has 2 heteroatoms. The van der Waals surface area contributed by atoms with Crippen molar-refractivity contribution in [3.05, 3.63) is 21.9 Å². The minimum atomic E-state index is 0.314. The lowest BCUT2D eigenvalue weighted by Crippen LogP contribution is -2.34. The molecule has 0 N–H and O–H groups in total. The highest BCUT2D eigenvalue weighted by atomic mass is 32.1. The third-order valence-electron chi connectivity index (χ3n) is 2.94. The number of ketones is 1. The van der Waals surface area contributed by atoms with Gasteiger partial charge in [-0.25, -0.2) is 0 Å². The first-order valence-corrected chi connectivity index (χ1v) is 5.68. The summed E-state index contributed by atoms with van der Waals surface area (Å²) in [5, 5.41) is 2.20. The molecule has 2 unspecified atom stereocenters. The van der Waals surface area contributed by atoms with Gasteiger partial charge in [0.25, 0.3) is 0 Å². The zero-order valence-corrected chi connectivity index (χ0v) is 8.86. The van der Waals surface area contributed by atoms with Gasteiger partial charge in [0.2, 0.25) is 0 Å². The number of thiophene rings is 1. The molecule has 1 aromatic heterocycles. The lowest BCUT2D eigenvalue weighted by atomic mass is 9.68. The third kappa shape index (κ3) is 1.44. The van der Waals surface area contributed by atoms with E-state index in [4.69, 9.17) is 0 Å². The van der Waals surface area contributed by atoms with Crippen molar-refractivity contribution >= 4 is 17.1 Å². The molecule has 0 aliphatic heterocycles. The van der Waals surface area contributed by atoms with E-state index in [1.807, 2.05) is 0 Å². The minimum Gasteiger partial charge on any atom is -0.299 e. The summed E-state index contributed by atoms with van der Waals surface area (Å²) >= 11 is 1.78. The van der Waals surface area contributed by atoms with Crippen LogP contribution in [0.25, 0.3) is 0 Å². The van der Waals surface area contributed by atoms with E-state index in [0.717, 1.165) is 12.8 Å². The summed E-state index contributed by atoms with van der Waals surface area (Å²) < 4.78 is 0. The molecule has 0 saturated heterocycles. The van der Waals surface area contributed by atoms with Crippen molar-refractivity contribution in [3.8, 4) is 0 Å². The van der Waals surface area contributed by atoms with E-state index in [1.165, 1.54) is 10.4 Å². The van der Waals surface area contributed by atoms with Crippen molar-refractivity contribution in [2.24, 2.45) is 5.92 Å². The molecule has 0 radical (unpaired) electrons. The van der Waals surface area contributed by atoms with Crippen LogP contribution in [0.5, 0.6) is 0 Å². The number of hydrogen-bond acceptors (Lipinski definition) is 2. The second-order valence-electron chi connectivity index (χ2n) is 3.78. The van der Waals surface area contributed by atoms with E-state index in [1.54, 1.807) is 11.3 Å². The van der Waals surface area contributed by atoms with Crippen LogP contribution in [0.2, 0.25) is 0 Å². The van der Waals surface area contributed by atoms with Gasteiger partial charge in [-0.15, -0.1) is 11.3 Å². The maximum absolute atomic E-state index is 11.3. The molecule has 1 aromatic rings. The fourth-order valence-electron chi connectivity index (χ4n) is 2.09. The first-order valence-electron chi connectivity index (χ1n) is 4.80. The van der Waals surface area contributed by atoms with Gasteiger partial charge in [-0.3, -0.25) is 4.79 Å². The molecule has 1 fully saturated rings. The van der Waals surface area contributed by atoms with E-state index in [0.29, 0.717) is 17.6 Å². The third-order valence-corrected chi connectivity index (χ3v) is 3.82. The lowest BCUT2D eigenvalue weighted by molar-refractivity contribution is -0.131. The van der Waals surface area contributed by atoms with Gasteiger partial charge in [0.1, 0.15) is 5.78 Å². The Balaban J connectivity index is 2.15. The van der Waals surface area contributed by atoms with Crippen molar-refractivity contribution in [2.45, 2.75) is 32.6 Å². The van der Waals surface area contributed by atoms with E-state index in [2.05, 4.69) is 25.3 Å². The maximum atomic E-state index is 11.3. The SMILES string of the molecule is CCC1C(=O)CC1c1csc(C)c1. The summed E-state index contributed by atoms with van der Waals surface area (Å²) in [6.07, 6.45) is 1.77. The van der Waals surface area contributed by atoms with Gasteiger partial charge < -0.3 is 0 Å². The summed E-state index contributed by atoms with van der Waals surface area (Å²) in [6, 6.07) is 2.23. The van der Waals surface area contributed by atoms with Crippen LogP contribution in [-0.4, -0.2) is 5.78 Å². The van der Waals surface area contributed by atoms with Gasteiger partial charge >= 0.3 is 0 Å². The van der Waals surface area contributed by atoms with Crippen molar-refractivity contribution in [1.29, 1.82) is 0 Å². The van der Waals surface area contributed by atoms with Crippen LogP contribution in [0, 0.1) is 12.8 Å². The van der Waals surface area contributed by atoms with Gasteiger partial charge in [-0.05, 0) is 30.4 Å². The van der Waals surface area contributed by atoms with E-state index in [-0.39, 0.29) is 0 Å². The average molecular weight is 194 g/mol. The Morgan fingerprint density at radius 3 is 2.85 bits per heavy atom. The van der Waals surface area contributed by atoms with Crippen molar-refractivity contribution < 1.29 is 4.79 Å².